The first-order chi connectivity index (χ1) is 12.9. The molecule has 0 amide bonds. The number of nitrogens with zero attached hydrogens (tertiary/aromatic N) is 2. The van der Waals surface area contributed by atoms with Crippen molar-refractivity contribution in [2.75, 3.05) is 11.4 Å². The normalized spacial score (nSPS) is 14.1. The number of aromatic nitrogens is 1. The summed E-state index contributed by atoms with van der Waals surface area (Å²) < 4.78 is 0. The van der Waals surface area contributed by atoms with Crippen molar-refractivity contribution in [2.45, 2.75) is 39.0 Å². The van der Waals surface area contributed by atoms with Crippen molar-refractivity contribution in [2.24, 2.45) is 0 Å². The maximum Gasteiger partial charge on any atom is 0.133 e. The summed E-state index contributed by atoms with van der Waals surface area (Å²) in [5.41, 5.74) is 5.95. The van der Waals surface area contributed by atoms with E-state index in [1.54, 1.807) is 0 Å². The van der Waals surface area contributed by atoms with Crippen LogP contribution in [-0.2, 0) is 11.8 Å². The van der Waals surface area contributed by atoms with E-state index in [0.717, 1.165) is 42.0 Å². The lowest BCUT2D eigenvalue weighted by molar-refractivity contribution is 0.475. The molecule has 1 aromatic heterocycles. The van der Waals surface area contributed by atoms with Gasteiger partial charge in [0.05, 0.1) is 0 Å². The van der Waals surface area contributed by atoms with Gasteiger partial charge in [-0.25, -0.2) is 4.98 Å². The third-order valence-electron chi connectivity index (χ3n) is 5.28. The standard InChI is InChI=1S/C24H26N2O/c1-24(2,3)18-11-12-25-23(14-18)26-13-7-10-20-21(15-19(27)16-22(20)26)17-8-5-4-6-9-17/h4-6,8-9,11-12,14-16,27H,7,10,13H2,1-3H3. The van der Waals surface area contributed by atoms with Gasteiger partial charge in [-0.05, 0) is 58.7 Å². The molecule has 2 heterocycles. The summed E-state index contributed by atoms with van der Waals surface area (Å²) in [5.74, 6) is 1.25. The molecule has 1 aliphatic heterocycles. The number of aromatic hydroxyl groups is 1. The number of rotatable bonds is 2. The molecule has 3 heteroatoms. The molecule has 0 saturated heterocycles. The van der Waals surface area contributed by atoms with Gasteiger partial charge in [0.25, 0.3) is 0 Å². The van der Waals surface area contributed by atoms with E-state index in [9.17, 15) is 5.11 Å². The topological polar surface area (TPSA) is 36.4 Å². The molecule has 0 aliphatic carbocycles. The zero-order valence-corrected chi connectivity index (χ0v) is 16.2. The van der Waals surface area contributed by atoms with Gasteiger partial charge in [-0.15, -0.1) is 0 Å². The van der Waals surface area contributed by atoms with Gasteiger partial charge in [0.15, 0.2) is 0 Å². The quantitative estimate of drug-likeness (QED) is 0.625. The number of benzene rings is 2. The number of hydrogen-bond donors (Lipinski definition) is 1. The molecular weight excluding hydrogens is 332 g/mol. The van der Waals surface area contributed by atoms with E-state index >= 15 is 0 Å². The highest BCUT2D eigenvalue weighted by molar-refractivity contribution is 5.80. The van der Waals surface area contributed by atoms with E-state index < -0.39 is 0 Å². The number of hydrogen-bond acceptors (Lipinski definition) is 3. The number of phenols is 1. The fourth-order valence-electron chi connectivity index (χ4n) is 3.83. The van der Waals surface area contributed by atoms with Crippen molar-refractivity contribution >= 4 is 11.5 Å². The van der Waals surface area contributed by atoms with Crippen LogP contribution in [-0.4, -0.2) is 16.6 Å². The summed E-state index contributed by atoms with van der Waals surface area (Å²) in [6.07, 6.45) is 3.97. The van der Waals surface area contributed by atoms with Crippen LogP contribution in [0.15, 0.2) is 60.8 Å². The van der Waals surface area contributed by atoms with Gasteiger partial charge in [0, 0.05) is 24.5 Å². The maximum absolute atomic E-state index is 10.4. The fraction of sp³-hybridized carbons (Fsp3) is 0.292. The minimum atomic E-state index is 0.0737. The Morgan fingerprint density at radius 1 is 1.00 bits per heavy atom. The fourth-order valence-corrected chi connectivity index (χ4v) is 3.83. The summed E-state index contributed by atoms with van der Waals surface area (Å²) in [5, 5.41) is 10.4. The number of anilines is 2. The first-order valence-electron chi connectivity index (χ1n) is 9.59. The molecule has 27 heavy (non-hydrogen) atoms. The highest BCUT2D eigenvalue weighted by Crippen LogP contribution is 2.41. The molecule has 138 valence electrons. The van der Waals surface area contributed by atoms with Gasteiger partial charge in [-0.2, -0.15) is 0 Å². The van der Waals surface area contributed by atoms with Crippen LogP contribution in [0.3, 0.4) is 0 Å². The second kappa shape index (κ2) is 6.73. The van der Waals surface area contributed by atoms with Crippen LogP contribution in [0.25, 0.3) is 11.1 Å². The Bertz CT molecular complexity index is 958. The Morgan fingerprint density at radius 2 is 1.78 bits per heavy atom. The predicted molar refractivity (Wildman–Crippen MR) is 112 cm³/mol. The summed E-state index contributed by atoms with van der Waals surface area (Å²) in [4.78, 5) is 6.90. The molecule has 0 unspecified atom stereocenters. The molecule has 0 radical (unpaired) electrons. The van der Waals surface area contributed by atoms with Crippen molar-refractivity contribution < 1.29 is 5.11 Å². The molecule has 3 nitrogen and oxygen atoms in total. The van der Waals surface area contributed by atoms with Crippen LogP contribution in [0.4, 0.5) is 11.5 Å². The van der Waals surface area contributed by atoms with Crippen molar-refractivity contribution in [3.63, 3.8) is 0 Å². The van der Waals surface area contributed by atoms with Crippen LogP contribution in [0, 0.1) is 0 Å². The number of fused-ring (bicyclic) bond motifs is 1. The number of pyridine rings is 1. The first kappa shape index (κ1) is 17.6. The number of phenolic OH excluding ortho intramolecular Hbond substituents is 1. The first-order valence-corrected chi connectivity index (χ1v) is 9.59. The van der Waals surface area contributed by atoms with Gasteiger partial charge in [-0.3, -0.25) is 0 Å². The second-order valence-corrected chi connectivity index (χ2v) is 8.26. The molecule has 0 bridgehead atoms. The largest absolute Gasteiger partial charge is 0.508 e. The Kier molecular flexibility index (Phi) is 4.39. The Morgan fingerprint density at radius 3 is 2.52 bits per heavy atom. The average Bonchev–Trinajstić information content (AvgIpc) is 2.67. The molecule has 0 atom stereocenters. The molecule has 1 aliphatic rings. The summed E-state index contributed by atoms with van der Waals surface area (Å²) in [6, 6.07) is 18.4. The summed E-state index contributed by atoms with van der Waals surface area (Å²) in [7, 11) is 0. The summed E-state index contributed by atoms with van der Waals surface area (Å²) >= 11 is 0. The van der Waals surface area contributed by atoms with Crippen LogP contribution in [0.2, 0.25) is 0 Å². The smallest absolute Gasteiger partial charge is 0.133 e. The van der Waals surface area contributed by atoms with Gasteiger partial charge >= 0.3 is 0 Å². The van der Waals surface area contributed by atoms with E-state index in [2.05, 4.69) is 54.9 Å². The zero-order valence-electron chi connectivity index (χ0n) is 16.2. The molecule has 1 N–H and O–H groups in total. The lowest BCUT2D eigenvalue weighted by atomic mass is 9.87. The summed E-state index contributed by atoms with van der Waals surface area (Å²) in [6.45, 7) is 7.56. The maximum atomic E-state index is 10.4. The van der Waals surface area contributed by atoms with E-state index in [1.165, 1.54) is 11.1 Å². The molecule has 0 fully saturated rings. The SMILES string of the molecule is CC(C)(C)c1ccnc(N2CCCc3c(-c4ccccc4)cc(O)cc32)c1. The minimum Gasteiger partial charge on any atom is -0.508 e. The van der Waals surface area contributed by atoms with Gasteiger partial charge in [-0.1, -0.05) is 51.1 Å². The minimum absolute atomic E-state index is 0.0737. The zero-order chi connectivity index (χ0) is 19.0. The van der Waals surface area contributed by atoms with E-state index in [1.807, 2.05) is 36.5 Å². The molecular formula is C24H26N2O. The van der Waals surface area contributed by atoms with E-state index in [4.69, 9.17) is 0 Å². The second-order valence-electron chi connectivity index (χ2n) is 8.26. The van der Waals surface area contributed by atoms with Crippen LogP contribution in [0.1, 0.15) is 38.3 Å². The molecule has 0 saturated carbocycles. The molecule has 3 aromatic rings. The Labute approximate surface area is 161 Å². The van der Waals surface area contributed by atoms with Crippen LogP contribution in [0.5, 0.6) is 5.75 Å². The highest BCUT2D eigenvalue weighted by Gasteiger charge is 2.24. The van der Waals surface area contributed by atoms with Gasteiger partial charge in [0.2, 0.25) is 0 Å². The lowest BCUT2D eigenvalue weighted by Gasteiger charge is -2.33. The molecule has 0 spiro atoms. The lowest BCUT2D eigenvalue weighted by Crippen LogP contribution is -2.26. The average molecular weight is 358 g/mol. The Hall–Kier alpha value is -2.81. The predicted octanol–water partition coefficient (Wildman–Crippen LogP) is 5.84. The van der Waals surface area contributed by atoms with Crippen LogP contribution < -0.4 is 4.90 Å². The third kappa shape index (κ3) is 3.42. The monoisotopic (exact) mass is 358 g/mol. The van der Waals surface area contributed by atoms with Crippen molar-refractivity contribution in [1.82, 2.24) is 4.98 Å². The molecule has 2 aromatic carbocycles. The van der Waals surface area contributed by atoms with Crippen molar-refractivity contribution in [3.8, 4) is 16.9 Å². The van der Waals surface area contributed by atoms with E-state index in [-0.39, 0.29) is 5.41 Å². The third-order valence-corrected chi connectivity index (χ3v) is 5.28. The Balaban J connectivity index is 1.84. The van der Waals surface area contributed by atoms with Gasteiger partial charge < -0.3 is 10.0 Å². The van der Waals surface area contributed by atoms with Crippen molar-refractivity contribution in [1.29, 1.82) is 0 Å². The van der Waals surface area contributed by atoms with E-state index in [0.29, 0.717) is 5.75 Å². The van der Waals surface area contributed by atoms with Gasteiger partial charge in [0.1, 0.15) is 11.6 Å². The van der Waals surface area contributed by atoms with Crippen molar-refractivity contribution in [3.05, 3.63) is 71.9 Å². The molecule has 4 rings (SSSR count). The van der Waals surface area contributed by atoms with Crippen LogP contribution >= 0.6 is 0 Å². The highest BCUT2D eigenvalue weighted by atomic mass is 16.3.